The Kier molecular flexibility index (Phi) is 4.54. The zero-order chi connectivity index (χ0) is 13.8. The van der Waals surface area contributed by atoms with Crippen molar-refractivity contribution in [3.63, 3.8) is 0 Å². The number of aromatic nitrogens is 2. The predicted octanol–water partition coefficient (Wildman–Crippen LogP) is 3.26. The molecule has 19 heavy (non-hydrogen) atoms. The van der Waals surface area contributed by atoms with Crippen LogP contribution >= 0.6 is 34.2 Å². The van der Waals surface area contributed by atoms with Crippen LogP contribution in [0.4, 0.5) is 11.5 Å². The van der Waals surface area contributed by atoms with E-state index in [2.05, 4.69) is 42.6 Å². The first-order valence-corrected chi connectivity index (χ1v) is 6.68. The molecule has 0 saturated carbocycles. The number of nitrogens with one attached hydrogen (secondary N) is 1. The summed E-state index contributed by atoms with van der Waals surface area (Å²) in [6.45, 7) is 0. The molecule has 0 fully saturated rings. The van der Waals surface area contributed by atoms with Crippen LogP contribution in [0.1, 0.15) is 10.5 Å². The van der Waals surface area contributed by atoms with Gasteiger partial charge in [-0.1, -0.05) is 11.6 Å². The van der Waals surface area contributed by atoms with E-state index >= 15 is 0 Å². The minimum Gasteiger partial charge on any atom is -0.464 e. The van der Waals surface area contributed by atoms with Crippen molar-refractivity contribution in [2.24, 2.45) is 0 Å². The maximum absolute atomic E-state index is 11.2. The van der Waals surface area contributed by atoms with Crippen LogP contribution in [-0.2, 0) is 4.74 Å². The van der Waals surface area contributed by atoms with Crippen LogP contribution in [0.15, 0.2) is 30.6 Å². The number of methoxy groups -OCH3 is 1. The van der Waals surface area contributed by atoms with Gasteiger partial charge in [0.1, 0.15) is 5.82 Å². The Morgan fingerprint density at radius 2 is 2.16 bits per heavy atom. The maximum atomic E-state index is 11.2. The summed E-state index contributed by atoms with van der Waals surface area (Å²) in [6.07, 6.45) is 2.79. The molecule has 1 aromatic carbocycles. The van der Waals surface area contributed by atoms with Crippen molar-refractivity contribution in [1.82, 2.24) is 9.97 Å². The van der Waals surface area contributed by atoms with E-state index in [0.717, 1.165) is 9.26 Å². The highest BCUT2D eigenvalue weighted by atomic mass is 127. The van der Waals surface area contributed by atoms with E-state index in [4.69, 9.17) is 11.6 Å². The van der Waals surface area contributed by atoms with Crippen molar-refractivity contribution in [2.75, 3.05) is 12.4 Å². The van der Waals surface area contributed by atoms with Crippen LogP contribution in [0.2, 0.25) is 5.02 Å². The van der Waals surface area contributed by atoms with Gasteiger partial charge in [0.15, 0.2) is 5.69 Å². The second kappa shape index (κ2) is 6.16. The van der Waals surface area contributed by atoms with Gasteiger partial charge < -0.3 is 10.1 Å². The van der Waals surface area contributed by atoms with E-state index in [0.29, 0.717) is 10.8 Å². The number of carbonyl (C=O) groups is 1. The Morgan fingerprint density at radius 1 is 1.37 bits per heavy atom. The second-order valence-electron chi connectivity index (χ2n) is 3.53. The number of benzene rings is 1. The highest BCUT2D eigenvalue weighted by Gasteiger charge is 2.08. The normalized spacial score (nSPS) is 10.1. The molecule has 0 aliphatic rings. The number of hydrogen-bond acceptors (Lipinski definition) is 5. The molecule has 2 rings (SSSR count). The molecule has 0 aliphatic heterocycles. The van der Waals surface area contributed by atoms with E-state index < -0.39 is 5.97 Å². The smallest absolute Gasteiger partial charge is 0.358 e. The lowest BCUT2D eigenvalue weighted by Gasteiger charge is -2.07. The minimum atomic E-state index is -0.522. The third-order valence-electron chi connectivity index (χ3n) is 2.24. The van der Waals surface area contributed by atoms with Gasteiger partial charge in [-0.05, 0) is 40.8 Å². The zero-order valence-electron chi connectivity index (χ0n) is 9.85. The molecule has 0 atom stereocenters. The molecule has 2 aromatic rings. The monoisotopic (exact) mass is 389 g/mol. The van der Waals surface area contributed by atoms with Gasteiger partial charge in [0.25, 0.3) is 0 Å². The second-order valence-corrected chi connectivity index (χ2v) is 5.18. The lowest BCUT2D eigenvalue weighted by molar-refractivity contribution is 0.0593. The van der Waals surface area contributed by atoms with Crippen LogP contribution in [0.25, 0.3) is 0 Å². The maximum Gasteiger partial charge on any atom is 0.358 e. The Hall–Kier alpha value is -1.41. The molecule has 0 bridgehead atoms. The summed E-state index contributed by atoms with van der Waals surface area (Å²) in [4.78, 5) is 19.2. The first-order chi connectivity index (χ1) is 9.10. The summed E-state index contributed by atoms with van der Waals surface area (Å²) in [5, 5.41) is 3.61. The molecular weight excluding hydrogens is 381 g/mol. The van der Waals surface area contributed by atoms with Crippen LogP contribution < -0.4 is 5.32 Å². The van der Waals surface area contributed by atoms with Gasteiger partial charge in [-0.3, -0.25) is 0 Å². The van der Waals surface area contributed by atoms with E-state index in [1.54, 1.807) is 0 Å². The molecule has 0 spiro atoms. The number of ether oxygens (including phenoxy) is 1. The Bertz CT molecular complexity index is 604. The van der Waals surface area contributed by atoms with Crippen LogP contribution in [0.3, 0.4) is 0 Å². The Morgan fingerprint density at radius 3 is 2.74 bits per heavy atom. The highest BCUT2D eigenvalue weighted by molar-refractivity contribution is 14.1. The van der Waals surface area contributed by atoms with Crippen molar-refractivity contribution in [3.05, 3.63) is 44.9 Å². The molecule has 0 aliphatic carbocycles. The Balaban J connectivity index is 2.17. The fourth-order valence-electron chi connectivity index (χ4n) is 1.33. The topological polar surface area (TPSA) is 64.1 Å². The van der Waals surface area contributed by atoms with Crippen LogP contribution in [-0.4, -0.2) is 23.0 Å². The fourth-order valence-corrected chi connectivity index (χ4v) is 2.23. The molecule has 0 unspecified atom stereocenters. The molecule has 1 heterocycles. The average molecular weight is 390 g/mol. The molecule has 98 valence electrons. The number of carbonyl (C=O) groups excluding carboxylic acids is 1. The average Bonchev–Trinajstić information content (AvgIpc) is 2.42. The summed E-state index contributed by atoms with van der Waals surface area (Å²) >= 11 is 8.27. The summed E-state index contributed by atoms with van der Waals surface area (Å²) in [5.74, 6) is -0.0258. The molecule has 1 aromatic heterocycles. The van der Waals surface area contributed by atoms with E-state index in [1.165, 1.54) is 19.5 Å². The lowest BCUT2D eigenvalue weighted by atomic mass is 10.3. The lowest BCUT2D eigenvalue weighted by Crippen LogP contribution is -2.05. The largest absolute Gasteiger partial charge is 0.464 e. The number of hydrogen-bond donors (Lipinski definition) is 1. The van der Waals surface area contributed by atoms with Gasteiger partial charge in [-0.15, -0.1) is 0 Å². The Labute approximate surface area is 128 Å². The van der Waals surface area contributed by atoms with E-state index in [1.807, 2.05) is 18.2 Å². The number of rotatable bonds is 3. The molecule has 1 N–H and O–H groups in total. The third kappa shape index (κ3) is 3.54. The van der Waals surface area contributed by atoms with Gasteiger partial charge in [-0.2, -0.15) is 0 Å². The van der Waals surface area contributed by atoms with Crippen molar-refractivity contribution in [1.29, 1.82) is 0 Å². The number of anilines is 2. The molecule has 0 saturated heterocycles. The summed E-state index contributed by atoms with van der Waals surface area (Å²) in [6, 6.07) is 5.60. The number of esters is 1. The SMILES string of the molecule is COC(=O)c1cnc(Nc2ccc(I)cc2Cl)cn1. The van der Waals surface area contributed by atoms with Gasteiger partial charge in [0.2, 0.25) is 0 Å². The third-order valence-corrected chi connectivity index (χ3v) is 3.22. The summed E-state index contributed by atoms with van der Waals surface area (Å²) < 4.78 is 5.58. The highest BCUT2D eigenvalue weighted by Crippen LogP contribution is 2.26. The van der Waals surface area contributed by atoms with Crippen LogP contribution in [0, 0.1) is 3.57 Å². The first-order valence-electron chi connectivity index (χ1n) is 5.22. The van der Waals surface area contributed by atoms with E-state index in [9.17, 15) is 4.79 Å². The summed E-state index contributed by atoms with van der Waals surface area (Å²) in [5.41, 5.74) is 0.879. The molecule has 5 nitrogen and oxygen atoms in total. The first kappa shape index (κ1) is 14.0. The zero-order valence-corrected chi connectivity index (χ0v) is 12.8. The van der Waals surface area contributed by atoms with Gasteiger partial charge in [-0.25, -0.2) is 14.8 Å². The van der Waals surface area contributed by atoms with Crippen molar-refractivity contribution in [3.8, 4) is 0 Å². The fraction of sp³-hybridized carbons (Fsp3) is 0.0833. The number of halogens is 2. The number of nitrogens with zero attached hydrogens (tertiary/aromatic N) is 2. The van der Waals surface area contributed by atoms with Crippen molar-refractivity contribution >= 4 is 51.7 Å². The van der Waals surface area contributed by atoms with Gasteiger partial charge in [0, 0.05) is 3.57 Å². The summed E-state index contributed by atoms with van der Waals surface area (Å²) in [7, 11) is 1.29. The molecule has 0 radical (unpaired) electrons. The standard InChI is InChI=1S/C12H9ClIN3O2/c1-19-12(18)10-5-16-11(6-15-10)17-9-3-2-7(14)4-8(9)13/h2-6H,1H3,(H,16,17). The molecule has 7 heteroatoms. The van der Waals surface area contributed by atoms with Crippen molar-refractivity contribution in [2.45, 2.75) is 0 Å². The molecule has 0 amide bonds. The van der Waals surface area contributed by atoms with Gasteiger partial charge in [0.05, 0.1) is 30.2 Å². The minimum absolute atomic E-state index is 0.154. The van der Waals surface area contributed by atoms with E-state index in [-0.39, 0.29) is 5.69 Å². The predicted molar refractivity (Wildman–Crippen MR) is 80.8 cm³/mol. The molecular formula is C12H9ClIN3O2. The van der Waals surface area contributed by atoms with Gasteiger partial charge >= 0.3 is 5.97 Å². The van der Waals surface area contributed by atoms with Crippen LogP contribution in [0.5, 0.6) is 0 Å². The quantitative estimate of drug-likeness (QED) is 0.645. The van der Waals surface area contributed by atoms with Crippen molar-refractivity contribution < 1.29 is 9.53 Å².